The summed E-state index contributed by atoms with van der Waals surface area (Å²) in [4.78, 5) is 55.3. The number of amides is 3. The minimum Gasteiger partial charge on any atom is -0.467 e. The monoisotopic (exact) mass is 663 g/mol. The maximum absolute atomic E-state index is 13.5. The van der Waals surface area contributed by atoms with E-state index in [1.165, 1.54) is 7.11 Å². The second kappa shape index (κ2) is 18.3. The number of hydrogen-bond donors (Lipinski definition) is 3. The number of nitrogens with two attached hydrogens (primary N) is 1. The van der Waals surface area contributed by atoms with E-state index >= 15 is 0 Å². The third-order valence-corrected chi connectivity index (χ3v) is 8.84. The molecule has 3 amide bonds. The summed E-state index contributed by atoms with van der Waals surface area (Å²) < 4.78 is 10.2. The molecular formula is C35H45N5O6S. The van der Waals surface area contributed by atoms with Crippen molar-refractivity contribution >= 4 is 46.4 Å². The zero-order valence-electron chi connectivity index (χ0n) is 27.1. The van der Waals surface area contributed by atoms with Crippen LogP contribution in [0.25, 0.3) is 10.8 Å². The summed E-state index contributed by atoms with van der Waals surface area (Å²) in [7, 11) is 1.31. The van der Waals surface area contributed by atoms with Crippen LogP contribution >= 0.6 is 11.8 Å². The molecule has 3 aromatic rings. The Labute approximate surface area is 280 Å². The van der Waals surface area contributed by atoms with Gasteiger partial charge in [0.1, 0.15) is 18.7 Å². The number of nitrogens with one attached hydrogen (secondary N) is 2. The number of alkyl carbamates (subject to hydrolysis) is 1. The van der Waals surface area contributed by atoms with Crippen molar-refractivity contribution in [3.05, 3.63) is 83.9 Å². The van der Waals surface area contributed by atoms with Crippen molar-refractivity contribution in [2.75, 3.05) is 45.3 Å². The number of rotatable bonds is 16. The van der Waals surface area contributed by atoms with Crippen molar-refractivity contribution < 1.29 is 28.7 Å². The zero-order valence-corrected chi connectivity index (χ0v) is 27.9. The Bertz CT molecular complexity index is 1490. The van der Waals surface area contributed by atoms with Gasteiger partial charge in [-0.25, -0.2) is 9.59 Å². The van der Waals surface area contributed by atoms with Gasteiger partial charge in [-0.15, -0.1) is 0 Å². The molecule has 3 aromatic carbocycles. The number of carbonyl (C=O) groups excluding carboxylic acids is 4. The highest BCUT2D eigenvalue weighted by Crippen LogP contribution is 2.23. The van der Waals surface area contributed by atoms with Gasteiger partial charge in [0.25, 0.3) is 0 Å². The molecule has 11 nitrogen and oxygen atoms in total. The van der Waals surface area contributed by atoms with Crippen LogP contribution in [0.4, 0.5) is 4.79 Å². The number of hydrogen-bond acceptors (Lipinski definition) is 9. The fraction of sp³-hybridized carbons (Fsp3) is 0.429. The van der Waals surface area contributed by atoms with E-state index in [2.05, 4.69) is 16.7 Å². The van der Waals surface area contributed by atoms with E-state index in [4.69, 9.17) is 15.2 Å². The lowest BCUT2D eigenvalue weighted by Gasteiger charge is -2.32. The lowest BCUT2D eigenvalue weighted by Crippen LogP contribution is -2.53. The minimum absolute atomic E-state index is 0.0232. The number of esters is 1. The fourth-order valence-electron chi connectivity index (χ4n) is 5.81. The number of fused-ring (bicyclic) bond motifs is 1. The van der Waals surface area contributed by atoms with Crippen LogP contribution in [0.2, 0.25) is 0 Å². The Balaban J connectivity index is 1.42. The van der Waals surface area contributed by atoms with Crippen molar-refractivity contribution in [3.63, 3.8) is 0 Å². The van der Waals surface area contributed by atoms with Crippen LogP contribution in [0.1, 0.15) is 30.4 Å². The average molecular weight is 664 g/mol. The molecule has 3 atom stereocenters. The Morgan fingerprint density at radius 1 is 1.04 bits per heavy atom. The molecule has 0 bridgehead atoms. The average Bonchev–Trinajstić information content (AvgIpc) is 3.55. The molecule has 0 spiro atoms. The van der Waals surface area contributed by atoms with Crippen molar-refractivity contribution in [2.24, 2.45) is 5.73 Å². The van der Waals surface area contributed by atoms with Crippen LogP contribution in [-0.2, 0) is 37.0 Å². The van der Waals surface area contributed by atoms with Crippen molar-refractivity contribution in [1.82, 2.24) is 20.4 Å². The van der Waals surface area contributed by atoms with Crippen LogP contribution in [0.5, 0.6) is 0 Å². The van der Waals surface area contributed by atoms with Crippen LogP contribution in [0.3, 0.4) is 0 Å². The Hall–Kier alpha value is -4.13. The Morgan fingerprint density at radius 2 is 1.79 bits per heavy atom. The third kappa shape index (κ3) is 10.7. The topological polar surface area (TPSA) is 143 Å². The molecular weight excluding hydrogens is 618 g/mol. The second-order valence-electron chi connectivity index (χ2n) is 11.6. The van der Waals surface area contributed by atoms with E-state index in [-0.39, 0.29) is 37.6 Å². The standard InChI is InChI=1S/C35H45N5O6S/c1-45-34(43)31(17-19-47-2)38-32(41)23-39(21-27-14-8-13-26-12-6-7-16-29(26)27)22-28-15-9-18-40(28)33(42)30(36)20-37-35(44)46-24-25-10-4-3-5-11-25/h3-8,10-14,16,28,30-31H,9,15,17-24,36H2,1-2H3,(H,37,44)(H,38,41)/t28-,30-,31-/m0/s1. The highest BCUT2D eigenvalue weighted by Gasteiger charge is 2.34. The number of methoxy groups -OCH3 is 1. The number of benzene rings is 3. The second-order valence-corrected chi connectivity index (χ2v) is 12.6. The highest BCUT2D eigenvalue weighted by atomic mass is 32.2. The summed E-state index contributed by atoms with van der Waals surface area (Å²) in [5.74, 6) is -0.355. The van der Waals surface area contributed by atoms with Gasteiger partial charge in [0.15, 0.2) is 0 Å². The molecule has 0 saturated carbocycles. The lowest BCUT2D eigenvalue weighted by atomic mass is 10.0. The molecule has 4 N–H and O–H groups in total. The zero-order chi connectivity index (χ0) is 33.6. The first-order valence-corrected chi connectivity index (χ1v) is 17.2. The summed E-state index contributed by atoms with van der Waals surface area (Å²) >= 11 is 1.59. The smallest absolute Gasteiger partial charge is 0.407 e. The van der Waals surface area contributed by atoms with Crippen LogP contribution in [-0.4, -0.2) is 97.1 Å². The van der Waals surface area contributed by atoms with Gasteiger partial charge in [-0.3, -0.25) is 14.5 Å². The number of thioether (sulfide) groups is 1. The molecule has 0 aliphatic carbocycles. The molecule has 1 heterocycles. The third-order valence-electron chi connectivity index (χ3n) is 8.20. The van der Waals surface area contributed by atoms with E-state index in [0.29, 0.717) is 31.8 Å². The summed E-state index contributed by atoms with van der Waals surface area (Å²) in [6.45, 7) is 1.49. The van der Waals surface area contributed by atoms with Crippen molar-refractivity contribution in [3.8, 4) is 0 Å². The van der Waals surface area contributed by atoms with Gasteiger partial charge in [0.2, 0.25) is 11.8 Å². The van der Waals surface area contributed by atoms with Gasteiger partial charge in [-0.2, -0.15) is 11.8 Å². The van der Waals surface area contributed by atoms with E-state index in [1.807, 2.05) is 77.9 Å². The molecule has 47 heavy (non-hydrogen) atoms. The van der Waals surface area contributed by atoms with Gasteiger partial charge in [0.05, 0.1) is 13.7 Å². The fourth-order valence-corrected chi connectivity index (χ4v) is 6.28. The summed E-state index contributed by atoms with van der Waals surface area (Å²) in [5.41, 5.74) is 8.17. The maximum Gasteiger partial charge on any atom is 0.407 e. The first kappa shape index (κ1) is 35.7. The minimum atomic E-state index is -0.952. The number of carbonyl (C=O) groups is 4. The number of ether oxygens (including phenoxy) is 2. The molecule has 0 aromatic heterocycles. The van der Waals surface area contributed by atoms with E-state index in [0.717, 1.165) is 34.7 Å². The molecule has 252 valence electrons. The first-order valence-electron chi connectivity index (χ1n) is 15.8. The Kier molecular flexibility index (Phi) is 13.9. The Morgan fingerprint density at radius 3 is 2.55 bits per heavy atom. The summed E-state index contributed by atoms with van der Waals surface area (Å²) in [5, 5.41) is 7.63. The van der Waals surface area contributed by atoms with Crippen molar-refractivity contribution in [1.29, 1.82) is 0 Å². The van der Waals surface area contributed by atoms with Gasteiger partial charge >= 0.3 is 12.1 Å². The van der Waals surface area contributed by atoms with Gasteiger partial charge in [-0.05, 0) is 53.2 Å². The van der Waals surface area contributed by atoms with Crippen LogP contribution < -0.4 is 16.4 Å². The largest absolute Gasteiger partial charge is 0.467 e. The summed E-state index contributed by atoms with van der Waals surface area (Å²) in [6, 6.07) is 21.6. The van der Waals surface area contributed by atoms with E-state index < -0.39 is 24.1 Å². The SMILES string of the molecule is COC(=O)[C@H](CCSC)NC(=O)CN(Cc1cccc2ccccc12)C[C@@H]1CCCN1C(=O)[C@@H](N)CNC(=O)OCc1ccccc1. The predicted molar refractivity (Wildman–Crippen MR) is 184 cm³/mol. The number of nitrogens with zero attached hydrogens (tertiary/aromatic N) is 2. The molecule has 0 radical (unpaired) electrons. The molecule has 1 aliphatic heterocycles. The summed E-state index contributed by atoms with van der Waals surface area (Å²) in [6.07, 6.45) is 3.29. The molecule has 4 rings (SSSR count). The van der Waals surface area contributed by atoms with E-state index in [1.54, 1.807) is 16.7 Å². The molecule has 1 fully saturated rings. The van der Waals surface area contributed by atoms with Crippen molar-refractivity contribution in [2.45, 2.75) is 50.5 Å². The first-order chi connectivity index (χ1) is 22.8. The highest BCUT2D eigenvalue weighted by molar-refractivity contribution is 7.98. The van der Waals surface area contributed by atoms with E-state index in [9.17, 15) is 19.2 Å². The van der Waals surface area contributed by atoms with Crippen LogP contribution in [0, 0.1) is 0 Å². The lowest BCUT2D eigenvalue weighted by molar-refractivity contribution is -0.145. The quantitative estimate of drug-likeness (QED) is 0.197. The molecule has 0 unspecified atom stereocenters. The normalized spacial score (nSPS) is 15.7. The van der Waals surface area contributed by atoms with Gasteiger partial charge < -0.3 is 30.7 Å². The van der Waals surface area contributed by atoms with Crippen LogP contribution in [0.15, 0.2) is 72.8 Å². The van der Waals surface area contributed by atoms with Gasteiger partial charge in [0, 0.05) is 32.2 Å². The number of likely N-dealkylation sites (tertiary alicyclic amines) is 1. The predicted octanol–water partition coefficient (Wildman–Crippen LogP) is 3.30. The maximum atomic E-state index is 13.5. The van der Waals surface area contributed by atoms with Gasteiger partial charge in [-0.1, -0.05) is 72.8 Å². The molecule has 12 heteroatoms. The molecule has 1 aliphatic rings. The molecule has 1 saturated heterocycles.